The van der Waals surface area contributed by atoms with Crippen molar-refractivity contribution in [3.8, 4) is 5.75 Å². The lowest BCUT2D eigenvalue weighted by atomic mass is 9.83. The van der Waals surface area contributed by atoms with Crippen molar-refractivity contribution in [1.82, 2.24) is 20.0 Å². The summed E-state index contributed by atoms with van der Waals surface area (Å²) in [5, 5.41) is 6.63. The number of aromatic amines is 1. The predicted octanol–water partition coefficient (Wildman–Crippen LogP) is 2.97. The summed E-state index contributed by atoms with van der Waals surface area (Å²) in [6.45, 7) is 2.24. The normalized spacial score (nSPS) is 20.5. The lowest BCUT2D eigenvalue weighted by Crippen LogP contribution is -2.51. The van der Waals surface area contributed by atoms with Gasteiger partial charge in [-0.05, 0) is 62.3 Å². The first-order valence-electron chi connectivity index (χ1n) is 10.4. The molecule has 2 aromatic rings. The van der Waals surface area contributed by atoms with Crippen LogP contribution in [-0.2, 0) is 0 Å². The van der Waals surface area contributed by atoms with Crippen LogP contribution in [0.25, 0.3) is 0 Å². The first kappa shape index (κ1) is 19.5. The Bertz CT molecular complexity index is 844. The van der Waals surface area contributed by atoms with Crippen LogP contribution in [0.5, 0.6) is 5.75 Å². The Morgan fingerprint density at radius 2 is 1.90 bits per heavy atom. The van der Waals surface area contributed by atoms with Gasteiger partial charge in [0.05, 0.1) is 7.11 Å². The summed E-state index contributed by atoms with van der Waals surface area (Å²) in [4.78, 5) is 29.7. The highest BCUT2D eigenvalue weighted by Crippen LogP contribution is 2.32. The van der Waals surface area contributed by atoms with Crippen LogP contribution < -0.4 is 4.74 Å². The number of H-pyrrole nitrogens is 1. The number of hydrogen-bond acceptors (Lipinski definition) is 4. The molecule has 4 rings (SSSR count). The lowest BCUT2D eigenvalue weighted by molar-refractivity contribution is 0.0373. The van der Waals surface area contributed by atoms with Crippen molar-refractivity contribution in [2.75, 3.05) is 26.7 Å². The molecule has 3 heterocycles. The van der Waals surface area contributed by atoms with Crippen LogP contribution in [0.1, 0.15) is 53.0 Å². The van der Waals surface area contributed by atoms with E-state index in [2.05, 4.69) is 15.1 Å². The number of carbonyl (C=O) groups excluding carboxylic acids is 2. The molecule has 0 saturated carbocycles. The second-order valence-electron chi connectivity index (χ2n) is 7.89. The van der Waals surface area contributed by atoms with Gasteiger partial charge < -0.3 is 14.5 Å². The van der Waals surface area contributed by atoms with Gasteiger partial charge in [-0.3, -0.25) is 14.7 Å². The molecular weight excluding hydrogens is 368 g/mol. The fraction of sp³-hybridized carbons (Fsp3) is 0.500. The van der Waals surface area contributed by atoms with E-state index in [0.717, 1.165) is 51.7 Å². The average molecular weight is 396 g/mol. The molecular formula is C22H28N4O3. The molecule has 1 unspecified atom stereocenters. The van der Waals surface area contributed by atoms with E-state index in [0.29, 0.717) is 22.9 Å². The van der Waals surface area contributed by atoms with E-state index in [1.807, 2.05) is 29.2 Å². The molecule has 7 nitrogen and oxygen atoms in total. The van der Waals surface area contributed by atoms with E-state index in [9.17, 15) is 9.59 Å². The first-order chi connectivity index (χ1) is 14.2. The zero-order valence-electron chi connectivity index (χ0n) is 16.8. The third-order valence-corrected chi connectivity index (χ3v) is 6.23. The fourth-order valence-corrected chi connectivity index (χ4v) is 4.65. The number of methoxy groups -OCH3 is 1. The number of nitrogens with one attached hydrogen (secondary N) is 1. The standard InChI is InChI=1S/C22H28N4O3/c1-29-18-6-4-5-17(15-18)21(27)26-12-3-2-7-20(26)16-9-13-25(14-10-16)22(28)19-8-11-23-24-19/h4-6,8,11,15-16,20H,2-3,7,9-10,12-14H2,1H3,(H,23,24). The van der Waals surface area contributed by atoms with Gasteiger partial charge in [-0.2, -0.15) is 5.10 Å². The molecule has 0 spiro atoms. The Morgan fingerprint density at radius 1 is 1.07 bits per heavy atom. The molecule has 2 aliphatic heterocycles. The number of aromatic nitrogens is 2. The summed E-state index contributed by atoms with van der Waals surface area (Å²) in [7, 11) is 1.62. The third-order valence-electron chi connectivity index (χ3n) is 6.23. The highest BCUT2D eigenvalue weighted by molar-refractivity contribution is 5.95. The molecule has 0 radical (unpaired) electrons. The van der Waals surface area contributed by atoms with Gasteiger partial charge in [-0.25, -0.2) is 0 Å². The Labute approximate surface area is 171 Å². The minimum atomic E-state index is 0.00825. The molecule has 1 N–H and O–H groups in total. The molecule has 7 heteroatoms. The van der Waals surface area contributed by atoms with Crippen LogP contribution in [0.15, 0.2) is 36.5 Å². The number of nitrogens with zero attached hydrogens (tertiary/aromatic N) is 3. The summed E-state index contributed by atoms with van der Waals surface area (Å²) in [6, 6.07) is 9.36. The molecule has 1 aromatic heterocycles. The Hall–Kier alpha value is -2.83. The number of rotatable bonds is 4. The number of carbonyl (C=O) groups is 2. The van der Waals surface area contributed by atoms with Crippen molar-refractivity contribution in [1.29, 1.82) is 0 Å². The number of hydrogen-bond donors (Lipinski definition) is 1. The van der Waals surface area contributed by atoms with Gasteiger partial charge in [0, 0.05) is 37.4 Å². The Morgan fingerprint density at radius 3 is 2.62 bits per heavy atom. The molecule has 0 aliphatic carbocycles. The lowest BCUT2D eigenvalue weighted by Gasteiger charge is -2.43. The van der Waals surface area contributed by atoms with E-state index >= 15 is 0 Å². The second-order valence-corrected chi connectivity index (χ2v) is 7.89. The summed E-state index contributed by atoms with van der Waals surface area (Å²) in [6.07, 6.45) is 6.68. The Balaban J connectivity index is 1.43. The van der Waals surface area contributed by atoms with Crippen molar-refractivity contribution >= 4 is 11.8 Å². The molecule has 2 aliphatic rings. The number of likely N-dealkylation sites (tertiary alicyclic amines) is 2. The number of benzene rings is 1. The van der Waals surface area contributed by atoms with E-state index in [-0.39, 0.29) is 17.9 Å². The maximum Gasteiger partial charge on any atom is 0.271 e. The largest absolute Gasteiger partial charge is 0.497 e. The molecule has 154 valence electrons. The minimum Gasteiger partial charge on any atom is -0.497 e. The number of piperidine rings is 2. The van der Waals surface area contributed by atoms with E-state index in [1.165, 1.54) is 0 Å². The molecule has 2 saturated heterocycles. The topological polar surface area (TPSA) is 78.5 Å². The molecule has 0 bridgehead atoms. The van der Waals surface area contributed by atoms with Crippen molar-refractivity contribution in [3.05, 3.63) is 47.8 Å². The van der Waals surface area contributed by atoms with Crippen LogP contribution in [0, 0.1) is 5.92 Å². The molecule has 1 aromatic carbocycles. The fourth-order valence-electron chi connectivity index (χ4n) is 4.65. The van der Waals surface area contributed by atoms with Crippen LogP contribution in [0.3, 0.4) is 0 Å². The van der Waals surface area contributed by atoms with Gasteiger partial charge in [0.15, 0.2) is 0 Å². The van der Waals surface area contributed by atoms with E-state index in [4.69, 9.17) is 4.74 Å². The zero-order valence-corrected chi connectivity index (χ0v) is 16.8. The maximum absolute atomic E-state index is 13.2. The van der Waals surface area contributed by atoms with Gasteiger partial charge in [0.25, 0.3) is 11.8 Å². The van der Waals surface area contributed by atoms with Gasteiger partial charge in [0.2, 0.25) is 0 Å². The highest BCUT2D eigenvalue weighted by Gasteiger charge is 2.36. The monoisotopic (exact) mass is 396 g/mol. The van der Waals surface area contributed by atoms with E-state index < -0.39 is 0 Å². The van der Waals surface area contributed by atoms with Crippen molar-refractivity contribution in [2.24, 2.45) is 5.92 Å². The van der Waals surface area contributed by atoms with Gasteiger partial charge in [0.1, 0.15) is 11.4 Å². The van der Waals surface area contributed by atoms with Crippen molar-refractivity contribution in [2.45, 2.75) is 38.1 Å². The third kappa shape index (κ3) is 4.13. The van der Waals surface area contributed by atoms with Crippen LogP contribution in [0.4, 0.5) is 0 Å². The van der Waals surface area contributed by atoms with Crippen molar-refractivity contribution in [3.63, 3.8) is 0 Å². The smallest absolute Gasteiger partial charge is 0.271 e. The SMILES string of the molecule is COc1cccc(C(=O)N2CCCCC2C2CCN(C(=O)c3ccn[nH]3)CC2)c1. The summed E-state index contributed by atoms with van der Waals surface area (Å²) in [5.74, 6) is 1.23. The quantitative estimate of drug-likeness (QED) is 0.862. The average Bonchev–Trinajstić information content (AvgIpc) is 3.33. The van der Waals surface area contributed by atoms with Crippen LogP contribution in [-0.4, -0.2) is 64.6 Å². The maximum atomic E-state index is 13.2. The minimum absolute atomic E-state index is 0.00825. The van der Waals surface area contributed by atoms with Crippen molar-refractivity contribution < 1.29 is 14.3 Å². The predicted molar refractivity (Wildman–Crippen MR) is 109 cm³/mol. The number of ether oxygens (including phenoxy) is 1. The second kappa shape index (κ2) is 8.68. The zero-order chi connectivity index (χ0) is 20.2. The summed E-state index contributed by atoms with van der Waals surface area (Å²) in [5.41, 5.74) is 1.22. The highest BCUT2D eigenvalue weighted by atomic mass is 16.5. The molecule has 2 amide bonds. The van der Waals surface area contributed by atoms with Gasteiger partial charge >= 0.3 is 0 Å². The molecule has 29 heavy (non-hydrogen) atoms. The number of amides is 2. The van der Waals surface area contributed by atoms with Crippen LogP contribution >= 0.6 is 0 Å². The Kier molecular flexibility index (Phi) is 5.83. The first-order valence-corrected chi connectivity index (χ1v) is 10.4. The summed E-state index contributed by atoms with van der Waals surface area (Å²) < 4.78 is 5.29. The van der Waals surface area contributed by atoms with Gasteiger partial charge in [-0.15, -0.1) is 0 Å². The molecule has 2 fully saturated rings. The van der Waals surface area contributed by atoms with Crippen LogP contribution in [0.2, 0.25) is 0 Å². The molecule has 1 atom stereocenters. The van der Waals surface area contributed by atoms with Gasteiger partial charge in [-0.1, -0.05) is 6.07 Å². The summed E-state index contributed by atoms with van der Waals surface area (Å²) >= 11 is 0. The van der Waals surface area contributed by atoms with E-state index in [1.54, 1.807) is 19.4 Å².